The first-order valence-electron chi connectivity index (χ1n) is 7.95. The van der Waals surface area contributed by atoms with E-state index in [1.165, 1.54) is 42.7 Å². The van der Waals surface area contributed by atoms with Crippen LogP contribution in [0.15, 0.2) is 18.2 Å². The number of nitrogens with zero attached hydrogens (tertiary/aromatic N) is 1. The normalized spacial score (nSPS) is 18.6. The van der Waals surface area contributed by atoms with Gasteiger partial charge in [-0.25, -0.2) is 0 Å². The fourth-order valence-corrected chi connectivity index (χ4v) is 2.86. The zero-order valence-electron chi connectivity index (χ0n) is 13.8. The second-order valence-corrected chi connectivity index (χ2v) is 7.31. The lowest BCUT2D eigenvalue weighted by Gasteiger charge is -2.39. The van der Waals surface area contributed by atoms with Crippen LogP contribution in [0.1, 0.15) is 51.7 Å². The Morgan fingerprint density at radius 1 is 1.20 bits per heavy atom. The summed E-state index contributed by atoms with van der Waals surface area (Å²) in [6.45, 7) is 14.7. The van der Waals surface area contributed by atoms with Crippen molar-refractivity contribution in [3.63, 3.8) is 0 Å². The Morgan fingerprint density at radius 3 is 2.40 bits per heavy atom. The summed E-state index contributed by atoms with van der Waals surface area (Å²) in [5.41, 5.74) is 4.74. The van der Waals surface area contributed by atoms with Gasteiger partial charge in [-0.15, -0.1) is 0 Å². The molecule has 2 nitrogen and oxygen atoms in total. The summed E-state index contributed by atoms with van der Waals surface area (Å²) < 4.78 is 0. The van der Waals surface area contributed by atoms with Crippen molar-refractivity contribution in [1.29, 1.82) is 0 Å². The van der Waals surface area contributed by atoms with Gasteiger partial charge in [-0.3, -0.25) is 0 Å². The van der Waals surface area contributed by atoms with E-state index < -0.39 is 0 Å². The van der Waals surface area contributed by atoms with Crippen molar-refractivity contribution in [2.24, 2.45) is 5.41 Å². The lowest BCUT2D eigenvalue weighted by atomic mass is 9.82. The van der Waals surface area contributed by atoms with E-state index in [9.17, 15) is 0 Å². The standard InChI is InChI=1S/C18H30N2/c1-14(2)19-13-16-6-7-17(15(3)12-16)20-10-8-18(4,5)9-11-20/h6-7,12,14,19H,8-11,13H2,1-5H3. The average molecular weight is 274 g/mol. The Kier molecular flexibility index (Phi) is 4.74. The van der Waals surface area contributed by atoms with Crippen molar-refractivity contribution in [1.82, 2.24) is 5.32 Å². The Morgan fingerprint density at radius 2 is 1.85 bits per heavy atom. The summed E-state index contributed by atoms with van der Waals surface area (Å²) in [4.78, 5) is 2.56. The first-order valence-corrected chi connectivity index (χ1v) is 7.95. The first-order chi connectivity index (χ1) is 9.37. The highest BCUT2D eigenvalue weighted by molar-refractivity contribution is 5.54. The number of rotatable bonds is 4. The van der Waals surface area contributed by atoms with Gasteiger partial charge < -0.3 is 10.2 Å². The molecule has 2 rings (SSSR count). The number of hydrogen-bond donors (Lipinski definition) is 1. The van der Waals surface area contributed by atoms with Gasteiger partial charge >= 0.3 is 0 Å². The van der Waals surface area contributed by atoms with E-state index in [2.05, 4.69) is 63.0 Å². The molecule has 112 valence electrons. The van der Waals surface area contributed by atoms with Crippen LogP contribution in [0.5, 0.6) is 0 Å². The van der Waals surface area contributed by atoms with E-state index in [1.54, 1.807) is 0 Å². The lowest BCUT2D eigenvalue weighted by molar-refractivity contribution is 0.279. The van der Waals surface area contributed by atoms with E-state index in [-0.39, 0.29) is 0 Å². The third-order valence-corrected chi connectivity index (χ3v) is 4.43. The lowest BCUT2D eigenvalue weighted by Crippen LogP contribution is -2.37. The van der Waals surface area contributed by atoms with E-state index in [1.807, 2.05) is 0 Å². The van der Waals surface area contributed by atoms with E-state index in [0.717, 1.165) is 6.54 Å². The van der Waals surface area contributed by atoms with Crippen molar-refractivity contribution < 1.29 is 0 Å². The number of nitrogens with one attached hydrogen (secondary N) is 1. The van der Waals surface area contributed by atoms with Crippen LogP contribution in [-0.4, -0.2) is 19.1 Å². The SMILES string of the molecule is Cc1cc(CNC(C)C)ccc1N1CCC(C)(C)CC1. The maximum absolute atomic E-state index is 3.49. The highest BCUT2D eigenvalue weighted by Crippen LogP contribution is 2.33. The predicted octanol–water partition coefficient (Wildman–Crippen LogP) is 4.12. The van der Waals surface area contributed by atoms with E-state index in [4.69, 9.17) is 0 Å². The summed E-state index contributed by atoms with van der Waals surface area (Å²) in [6, 6.07) is 7.46. The van der Waals surface area contributed by atoms with Crippen LogP contribution >= 0.6 is 0 Å². The highest BCUT2D eigenvalue weighted by atomic mass is 15.1. The van der Waals surface area contributed by atoms with Crippen molar-refractivity contribution in [3.05, 3.63) is 29.3 Å². The zero-order valence-corrected chi connectivity index (χ0v) is 13.8. The zero-order chi connectivity index (χ0) is 14.8. The molecule has 1 aromatic carbocycles. The summed E-state index contributed by atoms with van der Waals surface area (Å²) in [5, 5.41) is 3.49. The van der Waals surface area contributed by atoms with Crippen molar-refractivity contribution in [2.75, 3.05) is 18.0 Å². The third kappa shape index (κ3) is 3.99. The van der Waals surface area contributed by atoms with Crippen molar-refractivity contribution in [2.45, 2.75) is 60.0 Å². The molecule has 0 aliphatic carbocycles. The van der Waals surface area contributed by atoms with Gasteiger partial charge in [0.1, 0.15) is 0 Å². The van der Waals surface area contributed by atoms with Crippen molar-refractivity contribution in [3.8, 4) is 0 Å². The van der Waals surface area contributed by atoms with Gasteiger partial charge in [0.15, 0.2) is 0 Å². The molecule has 2 heteroatoms. The smallest absolute Gasteiger partial charge is 0.0396 e. The number of hydrogen-bond acceptors (Lipinski definition) is 2. The fourth-order valence-electron chi connectivity index (χ4n) is 2.86. The van der Waals surface area contributed by atoms with Crippen LogP contribution in [0.4, 0.5) is 5.69 Å². The quantitative estimate of drug-likeness (QED) is 0.888. The van der Waals surface area contributed by atoms with Gasteiger partial charge in [0, 0.05) is 31.4 Å². The van der Waals surface area contributed by atoms with Gasteiger partial charge in [0.05, 0.1) is 0 Å². The summed E-state index contributed by atoms with van der Waals surface area (Å²) in [5.74, 6) is 0. The van der Waals surface area contributed by atoms with Crippen LogP contribution in [0.3, 0.4) is 0 Å². The number of benzene rings is 1. The monoisotopic (exact) mass is 274 g/mol. The minimum absolute atomic E-state index is 0.519. The minimum atomic E-state index is 0.519. The van der Waals surface area contributed by atoms with Gasteiger partial charge in [0.2, 0.25) is 0 Å². The van der Waals surface area contributed by atoms with Crippen LogP contribution in [0.2, 0.25) is 0 Å². The molecule has 1 aliphatic heterocycles. The average Bonchev–Trinajstić information content (AvgIpc) is 2.37. The molecule has 0 unspecified atom stereocenters. The molecule has 0 spiro atoms. The van der Waals surface area contributed by atoms with Gasteiger partial charge in [-0.1, -0.05) is 39.8 Å². The van der Waals surface area contributed by atoms with E-state index in [0.29, 0.717) is 11.5 Å². The van der Waals surface area contributed by atoms with Gasteiger partial charge in [-0.05, 0) is 42.4 Å². The molecule has 1 heterocycles. The molecule has 1 fully saturated rings. The van der Waals surface area contributed by atoms with Crippen LogP contribution < -0.4 is 10.2 Å². The predicted molar refractivity (Wildman–Crippen MR) is 88.4 cm³/mol. The minimum Gasteiger partial charge on any atom is -0.371 e. The van der Waals surface area contributed by atoms with Gasteiger partial charge in [0.25, 0.3) is 0 Å². The second-order valence-electron chi connectivity index (χ2n) is 7.31. The molecule has 0 atom stereocenters. The van der Waals surface area contributed by atoms with Crippen molar-refractivity contribution >= 4 is 5.69 Å². The Hall–Kier alpha value is -1.02. The maximum Gasteiger partial charge on any atom is 0.0396 e. The fraction of sp³-hybridized carbons (Fsp3) is 0.667. The molecule has 20 heavy (non-hydrogen) atoms. The third-order valence-electron chi connectivity index (χ3n) is 4.43. The molecule has 0 bridgehead atoms. The molecule has 1 aromatic rings. The summed E-state index contributed by atoms with van der Waals surface area (Å²) >= 11 is 0. The first kappa shape index (κ1) is 15.4. The molecular formula is C18H30N2. The second kappa shape index (κ2) is 6.17. The van der Waals surface area contributed by atoms with E-state index >= 15 is 0 Å². The molecular weight excluding hydrogens is 244 g/mol. The number of anilines is 1. The topological polar surface area (TPSA) is 15.3 Å². The Balaban J connectivity index is 2.03. The van der Waals surface area contributed by atoms with Gasteiger partial charge in [-0.2, -0.15) is 0 Å². The molecule has 1 N–H and O–H groups in total. The van der Waals surface area contributed by atoms with Crippen LogP contribution in [-0.2, 0) is 6.54 Å². The molecule has 1 saturated heterocycles. The summed E-state index contributed by atoms with van der Waals surface area (Å²) in [7, 11) is 0. The Bertz CT molecular complexity index is 439. The number of piperidine rings is 1. The summed E-state index contributed by atoms with van der Waals surface area (Å²) in [6.07, 6.45) is 2.59. The molecule has 0 amide bonds. The molecule has 0 radical (unpaired) electrons. The Labute approximate surface area is 124 Å². The highest BCUT2D eigenvalue weighted by Gasteiger charge is 2.25. The molecule has 0 aromatic heterocycles. The molecule has 0 saturated carbocycles. The largest absolute Gasteiger partial charge is 0.371 e. The maximum atomic E-state index is 3.49. The van der Waals surface area contributed by atoms with Crippen LogP contribution in [0.25, 0.3) is 0 Å². The van der Waals surface area contributed by atoms with Crippen LogP contribution in [0, 0.1) is 12.3 Å². The number of aryl methyl sites for hydroxylation is 1. The molecule has 1 aliphatic rings.